The molecule has 1 aromatic rings. The number of carbonyl (C=O) groups is 1. The van der Waals surface area contributed by atoms with Crippen molar-refractivity contribution in [1.82, 2.24) is 9.62 Å². The highest BCUT2D eigenvalue weighted by Gasteiger charge is 2.25. The zero-order chi connectivity index (χ0) is 16.9. The van der Waals surface area contributed by atoms with Crippen LogP contribution in [-0.2, 0) is 14.8 Å². The smallest absolute Gasteiger partial charge is 0.223 e. The lowest BCUT2D eigenvalue weighted by atomic mass is 9.94. The maximum Gasteiger partial charge on any atom is 0.223 e. The van der Waals surface area contributed by atoms with Gasteiger partial charge in [0.1, 0.15) is 0 Å². The van der Waals surface area contributed by atoms with Crippen molar-refractivity contribution < 1.29 is 13.2 Å². The van der Waals surface area contributed by atoms with Crippen LogP contribution in [0.5, 0.6) is 0 Å². The first kappa shape index (κ1) is 17.7. The summed E-state index contributed by atoms with van der Waals surface area (Å²) < 4.78 is 25.1. The summed E-state index contributed by atoms with van der Waals surface area (Å²) in [6, 6.07) is 9.80. The lowest BCUT2D eigenvalue weighted by Crippen LogP contribution is -2.46. The van der Waals surface area contributed by atoms with Gasteiger partial charge in [-0.1, -0.05) is 36.4 Å². The number of likely N-dealkylation sites (tertiary alicyclic amines) is 1. The van der Waals surface area contributed by atoms with Crippen LogP contribution in [0.2, 0.25) is 0 Å². The van der Waals surface area contributed by atoms with Crippen LogP contribution in [0.15, 0.2) is 43.0 Å². The molecule has 23 heavy (non-hydrogen) atoms. The van der Waals surface area contributed by atoms with E-state index in [0.29, 0.717) is 32.4 Å². The molecule has 126 valence electrons. The molecule has 5 nitrogen and oxygen atoms in total. The Kier molecular flexibility index (Phi) is 5.96. The summed E-state index contributed by atoms with van der Waals surface area (Å²) >= 11 is 0. The Balaban J connectivity index is 1.88. The highest BCUT2D eigenvalue weighted by Crippen LogP contribution is 2.22. The molecule has 1 N–H and O–H groups in total. The van der Waals surface area contributed by atoms with Gasteiger partial charge in [0, 0.05) is 31.5 Å². The second-order valence-corrected chi connectivity index (χ2v) is 7.78. The molecule has 0 radical (unpaired) electrons. The van der Waals surface area contributed by atoms with Gasteiger partial charge >= 0.3 is 0 Å². The summed E-state index contributed by atoms with van der Waals surface area (Å²) in [6.45, 7) is 5.02. The van der Waals surface area contributed by atoms with Crippen molar-refractivity contribution >= 4 is 15.9 Å². The van der Waals surface area contributed by atoms with E-state index in [1.165, 1.54) is 6.26 Å². The lowest BCUT2D eigenvalue weighted by molar-refractivity contribution is -0.132. The van der Waals surface area contributed by atoms with Gasteiger partial charge in [0.15, 0.2) is 0 Å². The van der Waals surface area contributed by atoms with E-state index in [0.717, 1.165) is 5.56 Å². The molecule has 6 heteroatoms. The van der Waals surface area contributed by atoms with Gasteiger partial charge in [0.2, 0.25) is 15.9 Å². The molecule has 1 unspecified atom stereocenters. The van der Waals surface area contributed by atoms with E-state index < -0.39 is 10.0 Å². The number of hydrogen-bond donors (Lipinski definition) is 1. The summed E-state index contributed by atoms with van der Waals surface area (Å²) in [4.78, 5) is 14.3. The van der Waals surface area contributed by atoms with Crippen molar-refractivity contribution in [2.24, 2.45) is 0 Å². The van der Waals surface area contributed by atoms with Crippen LogP contribution < -0.4 is 4.72 Å². The Morgan fingerprint density at radius 3 is 2.48 bits per heavy atom. The maximum absolute atomic E-state index is 12.5. The van der Waals surface area contributed by atoms with Crippen LogP contribution >= 0.6 is 0 Å². The second-order valence-electron chi connectivity index (χ2n) is 6.00. The molecular weight excluding hydrogens is 312 g/mol. The van der Waals surface area contributed by atoms with E-state index in [2.05, 4.69) is 11.3 Å². The predicted molar refractivity (Wildman–Crippen MR) is 91.6 cm³/mol. The summed E-state index contributed by atoms with van der Waals surface area (Å²) in [5.74, 6) is 0.104. The molecule has 1 aliphatic rings. The first-order valence-corrected chi connectivity index (χ1v) is 9.71. The Morgan fingerprint density at radius 2 is 1.96 bits per heavy atom. The molecule has 0 aromatic heterocycles. The molecule has 1 heterocycles. The van der Waals surface area contributed by atoms with Crippen molar-refractivity contribution in [2.75, 3.05) is 19.3 Å². The van der Waals surface area contributed by atoms with Crippen molar-refractivity contribution in [2.45, 2.75) is 31.2 Å². The number of amides is 1. The van der Waals surface area contributed by atoms with Crippen LogP contribution in [-0.4, -0.2) is 44.6 Å². The number of hydrogen-bond acceptors (Lipinski definition) is 3. The minimum Gasteiger partial charge on any atom is -0.343 e. The third-order valence-corrected chi connectivity index (χ3v) is 4.90. The van der Waals surface area contributed by atoms with Crippen LogP contribution in [0.4, 0.5) is 0 Å². The molecule has 0 aliphatic carbocycles. The van der Waals surface area contributed by atoms with Gasteiger partial charge in [-0.05, 0) is 18.4 Å². The summed E-state index contributed by atoms with van der Waals surface area (Å²) in [6.07, 6.45) is 4.69. The minimum atomic E-state index is -3.19. The fourth-order valence-corrected chi connectivity index (χ4v) is 3.75. The molecular formula is C17H24N2O3S. The average molecular weight is 336 g/mol. The third-order valence-electron chi connectivity index (χ3n) is 4.14. The van der Waals surface area contributed by atoms with E-state index in [1.807, 2.05) is 41.3 Å². The van der Waals surface area contributed by atoms with E-state index in [4.69, 9.17) is 0 Å². The molecule has 0 bridgehead atoms. The van der Waals surface area contributed by atoms with E-state index in [1.54, 1.807) is 0 Å². The Labute approximate surface area is 138 Å². The molecule has 1 atom stereocenters. The third kappa shape index (κ3) is 5.48. The molecule has 1 fully saturated rings. The average Bonchev–Trinajstić information content (AvgIpc) is 2.52. The van der Waals surface area contributed by atoms with Crippen LogP contribution in [0.1, 0.15) is 30.7 Å². The van der Waals surface area contributed by atoms with Crippen molar-refractivity contribution in [3.8, 4) is 0 Å². The molecule has 1 aromatic carbocycles. The second kappa shape index (κ2) is 7.75. The summed E-state index contributed by atoms with van der Waals surface area (Å²) in [5, 5.41) is 0. The number of nitrogens with zero attached hydrogens (tertiary/aromatic N) is 1. The van der Waals surface area contributed by atoms with E-state index in [-0.39, 0.29) is 17.9 Å². The Bertz CT molecular complexity index is 635. The minimum absolute atomic E-state index is 0.00979. The van der Waals surface area contributed by atoms with Gasteiger partial charge < -0.3 is 4.90 Å². The van der Waals surface area contributed by atoms with Gasteiger partial charge in [0.05, 0.1) is 6.26 Å². The zero-order valence-corrected chi connectivity index (χ0v) is 14.3. The number of rotatable bonds is 6. The topological polar surface area (TPSA) is 66.5 Å². The normalized spacial score (nSPS) is 17.7. The lowest BCUT2D eigenvalue weighted by Gasteiger charge is -2.32. The predicted octanol–water partition coefficient (Wildman–Crippen LogP) is 1.89. The Morgan fingerprint density at radius 1 is 1.35 bits per heavy atom. The fourth-order valence-electron chi connectivity index (χ4n) is 2.90. The van der Waals surface area contributed by atoms with Crippen molar-refractivity contribution in [3.05, 3.63) is 48.6 Å². The number of nitrogens with one attached hydrogen (secondary N) is 1. The van der Waals surface area contributed by atoms with Gasteiger partial charge in [-0.25, -0.2) is 13.1 Å². The SMILES string of the molecule is C=CC(CC(=O)N1CCC(NS(C)(=O)=O)CC1)c1ccccc1. The van der Waals surface area contributed by atoms with Gasteiger partial charge in [0.25, 0.3) is 0 Å². The number of sulfonamides is 1. The van der Waals surface area contributed by atoms with E-state index in [9.17, 15) is 13.2 Å². The molecule has 0 spiro atoms. The number of carbonyl (C=O) groups excluding carboxylic acids is 1. The molecule has 2 rings (SSSR count). The molecule has 0 saturated carbocycles. The maximum atomic E-state index is 12.5. The molecule has 1 saturated heterocycles. The highest BCUT2D eigenvalue weighted by molar-refractivity contribution is 7.88. The van der Waals surface area contributed by atoms with Crippen molar-refractivity contribution in [3.63, 3.8) is 0 Å². The van der Waals surface area contributed by atoms with Crippen LogP contribution in [0.25, 0.3) is 0 Å². The first-order chi connectivity index (χ1) is 10.9. The molecule has 1 aliphatic heterocycles. The summed E-state index contributed by atoms with van der Waals surface area (Å²) in [5.41, 5.74) is 1.09. The van der Waals surface area contributed by atoms with Gasteiger partial charge in [-0.15, -0.1) is 6.58 Å². The number of piperidine rings is 1. The van der Waals surface area contributed by atoms with Gasteiger partial charge in [-0.3, -0.25) is 4.79 Å². The quantitative estimate of drug-likeness (QED) is 0.807. The largest absolute Gasteiger partial charge is 0.343 e. The van der Waals surface area contributed by atoms with Crippen molar-refractivity contribution in [1.29, 1.82) is 0 Å². The first-order valence-electron chi connectivity index (χ1n) is 7.81. The fraction of sp³-hybridized carbons (Fsp3) is 0.471. The zero-order valence-electron chi connectivity index (χ0n) is 13.4. The van der Waals surface area contributed by atoms with Crippen LogP contribution in [0.3, 0.4) is 0 Å². The Hall–Kier alpha value is -1.66. The summed E-state index contributed by atoms with van der Waals surface area (Å²) in [7, 11) is -3.19. The standard InChI is InChI=1S/C17H24N2O3S/c1-3-14(15-7-5-4-6-8-15)13-17(20)19-11-9-16(10-12-19)18-23(2,21)22/h3-8,14,16,18H,1,9-13H2,2H3. The number of allylic oxidation sites excluding steroid dienone is 1. The number of benzene rings is 1. The highest BCUT2D eigenvalue weighted by atomic mass is 32.2. The van der Waals surface area contributed by atoms with Gasteiger partial charge in [-0.2, -0.15) is 0 Å². The monoisotopic (exact) mass is 336 g/mol. The van der Waals surface area contributed by atoms with Crippen LogP contribution in [0, 0.1) is 0 Å². The van der Waals surface area contributed by atoms with E-state index >= 15 is 0 Å². The molecule has 1 amide bonds.